The first-order chi connectivity index (χ1) is 9.47. The van der Waals surface area contributed by atoms with Crippen molar-refractivity contribution in [1.82, 2.24) is 0 Å². The number of aryl methyl sites for hydroxylation is 1. The lowest BCUT2D eigenvalue weighted by atomic mass is 10.1. The van der Waals surface area contributed by atoms with Crippen molar-refractivity contribution in [2.75, 3.05) is 5.73 Å². The maximum absolute atomic E-state index is 12.9. The first-order valence-corrected chi connectivity index (χ1v) is 6.04. The van der Waals surface area contributed by atoms with Gasteiger partial charge in [-0.2, -0.15) is 0 Å². The average Bonchev–Trinajstić information content (AvgIpc) is 2.38. The second-order valence-electron chi connectivity index (χ2n) is 4.48. The molecule has 0 radical (unpaired) electrons. The van der Waals surface area contributed by atoms with Crippen LogP contribution in [0.2, 0.25) is 0 Å². The number of carbonyl (C=O) groups is 1. The van der Waals surface area contributed by atoms with Gasteiger partial charge in [0.05, 0.1) is 5.69 Å². The summed E-state index contributed by atoms with van der Waals surface area (Å²) in [5, 5.41) is 0. The highest BCUT2D eigenvalue weighted by atomic mass is 19.1. The van der Waals surface area contributed by atoms with E-state index in [0.717, 1.165) is 11.1 Å². The first kappa shape index (κ1) is 13.9. The fourth-order valence-corrected chi connectivity index (χ4v) is 1.82. The zero-order valence-electron chi connectivity index (χ0n) is 11.0. The zero-order chi connectivity index (χ0) is 14.7. The van der Waals surface area contributed by atoms with E-state index in [2.05, 4.69) is 0 Å². The summed E-state index contributed by atoms with van der Waals surface area (Å²) in [5.41, 5.74) is 13.4. The Morgan fingerprint density at radius 1 is 1.25 bits per heavy atom. The van der Waals surface area contributed by atoms with Crippen molar-refractivity contribution in [1.29, 1.82) is 0 Å². The molecule has 0 saturated heterocycles. The van der Waals surface area contributed by atoms with Crippen LogP contribution in [0.15, 0.2) is 36.4 Å². The lowest BCUT2D eigenvalue weighted by molar-refractivity contribution is 0.1000. The average molecular weight is 274 g/mol. The molecule has 1 amide bonds. The van der Waals surface area contributed by atoms with Gasteiger partial charge in [-0.15, -0.1) is 0 Å². The Bertz CT molecular complexity index is 656. The van der Waals surface area contributed by atoms with Crippen LogP contribution < -0.4 is 16.2 Å². The molecule has 0 fully saturated rings. The smallest absolute Gasteiger partial charge is 0.248 e. The molecule has 0 aromatic heterocycles. The van der Waals surface area contributed by atoms with E-state index in [0.29, 0.717) is 11.3 Å². The molecule has 4 N–H and O–H groups in total. The van der Waals surface area contributed by atoms with Crippen molar-refractivity contribution >= 4 is 11.6 Å². The van der Waals surface area contributed by atoms with Crippen LogP contribution in [0, 0.1) is 12.7 Å². The van der Waals surface area contributed by atoms with Gasteiger partial charge in [-0.3, -0.25) is 4.79 Å². The summed E-state index contributed by atoms with van der Waals surface area (Å²) in [7, 11) is 0. The fourth-order valence-electron chi connectivity index (χ4n) is 1.82. The maximum atomic E-state index is 12.9. The molecule has 2 rings (SSSR count). The second kappa shape index (κ2) is 5.61. The number of nitrogens with two attached hydrogens (primary N) is 2. The van der Waals surface area contributed by atoms with Gasteiger partial charge in [0.2, 0.25) is 5.91 Å². The van der Waals surface area contributed by atoms with Gasteiger partial charge in [0, 0.05) is 11.6 Å². The molecule has 0 unspecified atom stereocenters. The van der Waals surface area contributed by atoms with Crippen LogP contribution in [0.3, 0.4) is 0 Å². The molecule has 0 aliphatic carbocycles. The van der Waals surface area contributed by atoms with Gasteiger partial charge < -0.3 is 16.2 Å². The van der Waals surface area contributed by atoms with E-state index in [4.69, 9.17) is 16.2 Å². The Morgan fingerprint density at radius 3 is 2.60 bits per heavy atom. The summed E-state index contributed by atoms with van der Waals surface area (Å²) in [6.45, 7) is 2.14. The number of nitrogen functional groups attached to an aromatic ring is 1. The van der Waals surface area contributed by atoms with E-state index < -0.39 is 11.7 Å². The minimum absolute atomic E-state index is 0.247. The lowest BCUT2D eigenvalue weighted by Crippen LogP contribution is -2.11. The van der Waals surface area contributed by atoms with Crippen LogP contribution in [0.4, 0.5) is 10.1 Å². The standard InChI is InChI=1S/C15H15FN2O2/c1-9-6-10(15(18)19)2-3-11(9)8-20-14-5-4-12(16)7-13(14)17/h2-7H,8,17H2,1H3,(H2,18,19). The molecule has 4 nitrogen and oxygen atoms in total. The number of hydrogen-bond acceptors (Lipinski definition) is 3. The molecular formula is C15H15FN2O2. The second-order valence-corrected chi connectivity index (χ2v) is 4.48. The zero-order valence-corrected chi connectivity index (χ0v) is 11.0. The van der Waals surface area contributed by atoms with Crippen LogP contribution in [-0.4, -0.2) is 5.91 Å². The molecule has 0 bridgehead atoms. The van der Waals surface area contributed by atoms with Crippen molar-refractivity contribution in [2.24, 2.45) is 5.73 Å². The maximum Gasteiger partial charge on any atom is 0.248 e. The highest BCUT2D eigenvalue weighted by Gasteiger charge is 2.06. The van der Waals surface area contributed by atoms with E-state index in [1.54, 1.807) is 18.2 Å². The van der Waals surface area contributed by atoms with Crippen molar-refractivity contribution < 1.29 is 13.9 Å². The van der Waals surface area contributed by atoms with Gasteiger partial charge in [-0.1, -0.05) is 6.07 Å². The summed E-state index contributed by atoms with van der Waals surface area (Å²) in [6.07, 6.45) is 0. The van der Waals surface area contributed by atoms with E-state index in [1.165, 1.54) is 18.2 Å². The third kappa shape index (κ3) is 3.06. The largest absolute Gasteiger partial charge is 0.487 e. The Balaban J connectivity index is 2.13. The molecule has 2 aromatic rings. The summed E-state index contributed by atoms with van der Waals surface area (Å²) in [5.74, 6) is -0.454. The van der Waals surface area contributed by atoms with Gasteiger partial charge in [-0.25, -0.2) is 4.39 Å². The van der Waals surface area contributed by atoms with Crippen LogP contribution >= 0.6 is 0 Å². The topological polar surface area (TPSA) is 78.3 Å². The van der Waals surface area contributed by atoms with E-state index in [9.17, 15) is 9.18 Å². The molecule has 0 aliphatic rings. The van der Waals surface area contributed by atoms with E-state index in [-0.39, 0.29) is 12.3 Å². The van der Waals surface area contributed by atoms with Crippen molar-refractivity contribution in [3.8, 4) is 5.75 Å². The Kier molecular flexibility index (Phi) is 3.89. The highest BCUT2D eigenvalue weighted by molar-refractivity contribution is 5.93. The number of carbonyl (C=O) groups excluding carboxylic acids is 1. The Hall–Kier alpha value is -2.56. The van der Waals surface area contributed by atoms with Crippen LogP contribution in [0.1, 0.15) is 21.5 Å². The Morgan fingerprint density at radius 2 is 2.00 bits per heavy atom. The predicted molar refractivity (Wildman–Crippen MR) is 74.8 cm³/mol. The molecule has 0 aliphatic heterocycles. The van der Waals surface area contributed by atoms with E-state index >= 15 is 0 Å². The van der Waals surface area contributed by atoms with Crippen LogP contribution in [0.25, 0.3) is 0 Å². The number of halogens is 1. The van der Waals surface area contributed by atoms with Crippen LogP contribution in [-0.2, 0) is 6.61 Å². The van der Waals surface area contributed by atoms with Crippen molar-refractivity contribution in [2.45, 2.75) is 13.5 Å². The molecule has 0 atom stereocenters. The highest BCUT2D eigenvalue weighted by Crippen LogP contribution is 2.23. The number of primary amides is 1. The van der Waals surface area contributed by atoms with Gasteiger partial charge in [-0.05, 0) is 42.3 Å². The molecule has 20 heavy (non-hydrogen) atoms. The number of benzene rings is 2. The Labute approximate surface area is 116 Å². The molecule has 0 spiro atoms. The molecule has 0 saturated carbocycles. The first-order valence-electron chi connectivity index (χ1n) is 6.04. The lowest BCUT2D eigenvalue weighted by Gasteiger charge is -2.11. The predicted octanol–water partition coefficient (Wildman–Crippen LogP) is 2.39. The van der Waals surface area contributed by atoms with Gasteiger partial charge in [0.25, 0.3) is 0 Å². The fraction of sp³-hybridized carbons (Fsp3) is 0.133. The van der Waals surface area contributed by atoms with Gasteiger partial charge in [0.15, 0.2) is 0 Å². The number of ether oxygens (including phenoxy) is 1. The number of hydrogen-bond donors (Lipinski definition) is 2. The summed E-state index contributed by atoms with van der Waals surface area (Å²) in [4.78, 5) is 11.1. The number of rotatable bonds is 4. The van der Waals surface area contributed by atoms with Gasteiger partial charge >= 0.3 is 0 Å². The van der Waals surface area contributed by atoms with E-state index in [1.807, 2.05) is 6.92 Å². The monoisotopic (exact) mass is 274 g/mol. The van der Waals surface area contributed by atoms with Crippen molar-refractivity contribution in [3.05, 3.63) is 58.9 Å². The SMILES string of the molecule is Cc1cc(C(N)=O)ccc1COc1ccc(F)cc1N. The summed E-state index contributed by atoms with van der Waals surface area (Å²) >= 11 is 0. The molecular weight excluding hydrogens is 259 g/mol. The van der Waals surface area contributed by atoms with Gasteiger partial charge in [0.1, 0.15) is 18.2 Å². The number of amides is 1. The summed E-state index contributed by atoms with van der Waals surface area (Å²) < 4.78 is 18.5. The summed E-state index contributed by atoms with van der Waals surface area (Å²) in [6, 6.07) is 9.09. The van der Waals surface area contributed by atoms with Crippen molar-refractivity contribution in [3.63, 3.8) is 0 Å². The quantitative estimate of drug-likeness (QED) is 0.840. The minimum Gasteiger partial charge on any atom is -0.487 e. The molecule has 2 aromatic carbocycles. The molecule has 0 heterocycles. The molecule has 104 valence electrons. The number of anilines is 1. The molecule has 5 heteroatoms. The third-order valence-corrected chi connectivity index (χ3v) is 2.98. The normalized spacial score (nSPS) is 10.3. The minimum atomic E-state index is -0.469. The third-order valence-electron chi connectivity index (χ3n) is 2.98. The van der Waals surface area contributed by atoms with Crippen LogP contribution in [0.5, 0.6) is 5.75 Å².